The van der Waals surface area contributed by atoms with E-state index in [4.69, 9.17) is 22.1 Å². The summed E-state index contributed by atoms with van der Waals surface area (Å²) in [6, 6.07) is 16.0. The molecular formula is C24H27ClN2O2. The third kappa shape index (κ3) is 3.67. The summed E-state index contributed by atoms with van der Waals surface area (Å²) in [6.45, 7) is 4.25. The Bertz CT molecular complexity index is 1060. The molecule has 4 rings (SSSR count). The molecule has 152 valence electrons. The van der Waals surface area contributed by atoms with Crippen LogP contribution in [0, 0.1) is 0 Å². The highest BCUT2D eigenvalue weighted by Crippen LogP contribution is 2.47. The summed E-state index contributed by atoms with van der Waals surface area (Å²) in [5.41, 5.74) is 7.43. The normalized spacial score (nSPS) is 22.6. The lowest BCUT2D eigenvalue weighted by atomic mass is 9.59. The molecule has 0 aliphatic heterocycles. The summed E-state index contributed by atoms with van der Waals surface area (Å²) in [5.74, 6) is 0.633. The molecule has 1 aliphatic rings. The molecule has 1 aromatic heterocycles. The first kappa shape index (κ1) is 20.0. The molecule has 5 heteroatoms. The second-order valence-corrected chi connectivity index (χ2v) is 9.07. The number of hydrogen-bond acceptors (Lipinski definition) is 3. The topological polar surface area (TPSA) is 68.1 Å². The molecule has 0 bridgehead atoms. The smallest absolute Gasteiger partial charge is 0.255 e. The summed E-state index contributed by atoms with van der Waals surface area (Å²) in [6.07, 6.45) is 5.43. The van der Waals surface area contributed by atoms with Gasteiger partial charge in [0.15, 0.2) is 0 Å². The van der Waals surface area contributed by atoms with Crippen LogP contribution in [-0.4, -0.2) is 16.6 Å². The van der Waals surface area contributed by atoms with E-state index in [1.165, 1.54) is 5.56 Å². The highest BCUT2D eigenvalue weighted by atomic mass is 35.5. The number of ether oxygens (including phenoxy) is 1. The van der Waals surface area contributed by atoms with Gasteiger partial charge in [0, 0.05) is 22.5 Å². The van der Waals surface area contributed by atoms with Gasteiger partial charge >= 0.3 is 0 Å². The van der Waals surface area contributed by atoms with Crippen LogP contribution < -0.4 is 16.0 Å². The van der Waals surface area contributed by atoms with Gasteiger partial charge in [-0.25, -0.2) is 0 Å². The van der Waals surface area contributed by atoms with Crippen molar-refractivity contribution < 1.29 is 4.74 Å². The molecule has 0 radical (unpaired) electrons. The van der Waals surface area contributed by atoms with E-state index in [2.05, 4.69) is 43.1 Å². The summed E-state index contributed by atoms with van der Waals surface area (Å²) in [7, 11) is 0. The van der Waals surface area contributed by atoms with Crippen molar-refractivity contribution in [2.45, 2.75) is 56.6 Å². The average Bonchev–Trinajstić information content (AvgIpc) is 2.70. The van der Waals surface area contributed by atoms with Crippen molar-refractivity contribution in [3.05, 3.63) is 75.7 Å². The number of halogens is 1. The number of nitrogens with one attached hydrogen (secondary N) is 1. The van der Waals surface area contributed by atoms with E-state index in [0.717, 1.165) is 31.1 Å². The van der Waals surface area contributed by atoms with Gasteiger partial charge in [-0.2, -0.15) is 0 Å². The molecular weight excluding hydrogens is 384 g/mol. The molecule has 0 saturated heterocycles. The summed E-state index contributed by atoms with van der Waals surface area (Å²) >= 11 is 6.42. The van der Waals surface area contributed by atoms with Crippen LogP contribution in [0.2, 0.25) is 5.02 Å². The molecule has 1 saturated carbocycles. The summed E-state index contributed by atoms with van der Waals surface area (Å²) in [5, 5.41) is 1.86. The molecule has 29 heavy (non-hydrogen) atoms. The molecule has 4 nitrogen and oxygen atoms in total. The van der Waals surface area contributed by atoms with Gasteiger partial charge in [-0.15, -0.1) is 0 Å². The van der Waals surface area contributed by atoms with Crippen molar-refractivity contribution in [1.29, 1.82) is 0 Å². The van der Waals surface area contributed by atoms with Gasteiger partial charge in [0.1, 0.15) is 5.75 Å². The molecule has 3 aromatic rings. The quantitative estimate of drug-likeness (QED) is 0.622. The minimum Gasteiger partial charge on any atom is -0.489 e. The summed E-state index contributed by atoms with van der Waals surface area (Å²) < 4.78 is 6.29. The van der Waals surface area contributed by atoms with E-state index in [9.17, 15) is 4.79 Å². The maximum Gasteiger partial charge on any atom is 0.255 e. The standard InChI is InChI=1S/C24H27ClN2O2/c1-23(2,26)24(17-6-4-3-5-7-17)11-8-18(9-12-24)29-21-14-16-10-13-27-22(28)19(16)15-20(21)25/h3-7,10,13-15,18H,8-9,11-12,26H2,1-2H3,(H,27,28)/t18-,24+. The zero-order valence-electron chi connectivity index (χ0n) is 16.9. The minimum absolute atomic E-state index is 0.0748. The van der Waals surface area contributed by atoms with Gasteiger partial charge in [-0.05, 0) is 68.7 Å². The predicted molar refractivity (Wildman–Crippen MR) is 119 cm³/mol. The SMILES string of the molecule is CC(C)(N)[C@]1(c2ccccc2)CC[C@H](Oc2cc3cc[nH]c(=O)c3cc2Cl)CC1. The first-order chi connectivity index (χ1) is 13.8. The van der Waals surface area contributed by atoms with Crippen molar-refractivity contribution >= 4 is 22.4 Å². The second-order valence-electron chi connectivity index (χ2n) is 8.66. The largest absolute Gasteiger partial charge is 0.489 e. The summed E-state index contributed by atoms with van der Waals surface area (Å²) in [4.78, 5) is 14.6. The lowest BCUT2D eigenvalue weighted by Crippen LogP contribution is -2.56. The molecule has 0 unspecified atom stereocenters. The van der Waals surface area contributed by atoms with E-state index >= 15 is 0 Å². The zero-order valence-corrected chi connectivity index (χ0v) is 17.6. The van der Waals surface area contributed by atoms with Crippen LogP contribution >= 0.6 is 11.6 Å². The average molecular weight is 411 g/mol. The highest BCUT2D eigenvalue weighted by molar-refractivity contribution is 6.32. The van der Waals surface area contributed by atoms with Crippen LogP contribution in [0.15, 0.2) is 59.5 Å². The number of hydrogen-bond donors (Lipinski definition) is 2. The van der Waals surface area contributed by atoms with Crippen molar-refractivity contribution in [2.75, 3.05) is 0 Å². The number of aromatic nitrogens is 1. The molecule has 3 N–H and O–H groups in total. The lowest BCUT2D eigenvalue weighted by molar-refractivity contribution is 0.0850. The monoisotopic (exact) mass is 410 g/mol. The fraction of sp³-hybridized carbons (Fsp3) is 0.375. The number of benzene rings is 2. The molecule has 0 amide bonds. The Morgan fingerprint density at radius 1 is 1.14 bits per heavy atom. The first-order valence-electron chi connectivity index (χ1n) is 10.1. The maximum atomic E-state index is 12.0. The van der Waals surface area contributed by atoms with Gasteiger partial charge in [0.2, 0.25) is 0 Å². The van der Waals surface area contributed by atoms with Crippen molar-refractivity contribution in [3.8, 4) is 5.75 Å². The molecule has 1 aliphatic carbocycles. The molecule has 0 atom stereocenters. The van der Waals surface area contributed by atoms with Gasteiger partial charge in [-0.1, -0.05) is 41.9 Å². The number of pyridine rings is 1. The van der Waals surface area contributed by atoms with Crippen LogP contribution in [-0.2, 0) is 5.41 Å². The molecule has 1 heterocycles. The number of H-pyrrole nitrogens is 1. The number of nitrogens with two attached hydrogens (primary N) is 1. The Morgan fingerprint density at radius 3 is 2.48 bits per heavy atom. The first-order valence-corrected chi connectivity index (χ1v) is 10.5. The molecule has 2 aromatic carbocycles. The Balaban J connectivity index is 1.56. The number of aromatic amines is 1. The van der Waals surface area contributed by atoms with Crippen LogP contribution in [0.5, 0.6) is 5.75 Å². The fourth-order valence-electron chi connectivity index (χ4n) is 4.72. The van der Waals surface area contributed by atoms with Gasteiger partial charge in [-0.3, -0.25) is 4.79 Å². The fourth-order valence-corrected chi connectivity index (χ4v) is 4.93. The second kappa shape index (κ2) is 7.51. The van der Waals surface area contributed by atoms with Crippen molar-refractivity contribution in [2.24, 2.45) is 5.73 Å². The predicted octanol–water partition coefficient (Wildman–Crippen LogP) is 5.18. The molecule has 0 spiro atoms. The van der Waals surface area contributed by atoms with Crippen molar-refractivity contribution in [3.63, 3.8) is 0 Å². The van der Waals surface area contributed by atoms with E-state index in [0.29, 0.717) is 16.2 Å². The van der Waals surface area contributed by atoms with Crippen LogP contribution in [0.1, 0.15) is 45.1 Å². The Kier molecular flexibility index (Phi) is 5.18. The van der Waals surface area contributed by atoms with Gasteiger partial charge in [0.05, 0.1) is 11.1 Å². The van der Waals surface area contributed by atoms with E-state index in [1.54, 1.807) is 12.3 Å². The Hall–Kier alpha value is -2.30. The lowest BCUT2D eigenvalue weighted by Gasteiger charge is -2.49. The van der Waals surface area contributed by atoms with Gasteiger partial charge in [0.25, 0.3) is 5.56 Å². The number of rotatable bonds is 4. The van der Waals surface area contributed by atoms with E-state index in [-0.39, 0.29) is 22.6 Å². The van der Waals surface area contributed by atoms with Crippen LogP contribution in [0.3, 0.4) is 0 Å². The Labute approximate surface area is 176 Å². The minimum atomic E-state index is -0.332. The third-order valence-electron chi connectivity index (χ3n) is 6.47. The number of fused-ring (bicyclic) bond motifs is 1. The zero-order chi connectivity index (χ0) is 20.6. The van der Waals surface area contributed by atoms with E-state index in [1.807, 2.05) is 18.2 Å². The van der Waals surface area contributed by atoms with Gasteiger partial charge < -0.3 is 15.5 Å². The maximum absolute atomic E-state index is 12.0. The molecule has 1 fully saturated rings. The highest BCUT2D eigenvalue weighted by Gasteiger charge is 2.46. The van der Waals surface area contributed by atoms with E-state index < -0.39 is 0 Å². The van der Waals surface area contributed by atoms with Crippen LogP contribution in [0.4, 0.5) is 0 Å². The third-order valence-corrected chi connectivity index (χ3v) is 6.76. The van der Waals surface area contributed by atoms with Crippen LogP contribution in [0.25, 0.3) is 10.8 Å². The van der Waals surface area contributed by atoms with Crippen molar-refractivity contribution in [1.82, 2.24) is 4.98 Å². The Morgan fingerprint density at radius 2 is 1.83 bits per heavy atom.